The first kappa shape index (κ1) is 26.1. The fourth-order valence-electron chi connectivity index (χ4n) is 4.98. The van der Waals surface area contributed by atoms with Crippen LogP contribution in [0.2, 0.25) is 10.0 Å². The zero-order chi connectivity index (χ0) is 26.4. The molecule has 1 N–H and O–H groups in total. The number of amides is 1. The number of hydrogen-bond acceptors (Lipinski definition) is 3. The number of rotatable bonds is 6. The van der Waals surface area contributed by atoms with E-state index in [0.717, 1.165) is 19.3 Å². The number of halogens is 6. The Morgan fingerprint density at radius 2 is 1.70 bits per heavy atom. The molecule has 1 aliphatic heterocycles. The minimum Gasteiger partial charge on any atom is -0.374 e. The highest BCUT2D eigenvalue weighted by atomic mass is 35.5. The first-order valence-electron chi connectivity index (χ1n) is 11.7. The minimum atomic E-state index is -4.80. The number of nitrogens with one attached hydrogen (secondary N) is 1. The quantitative estimate of drug-likeness (QED) is 0.307. The number of carbonyl (C=O) groups excluding carboxylic acids is 1. The van der Waals surface area contributed by atoms with Crippen LogP contribution in [0.4, 0.5) is 13.2 Å². The predicted molar refractivity (Wildman–Crippen MR) is 140 cm³/mol. The molecule has 37 heavy (non-hydrogen) atoms. The summed E-state index contributed by atoms with van der Waals surface area (Å²) in [4.78, 5) is 18.3. The molecule has 3 aromatic rings. The number of benzene rings is 3. The van der Waals surface area contributed by atoms with Crippen molar-refractivity contribution in [2.75, 3.05) is 12.4 Å². The van der Waals surface area contributed by atoms with E-state index in [2.05, 4.69) is 10.5 Å². The van der Waals surface area contributed by atoms with Crippen LogP contribution in [0.5, 0.6) is 0 Å². The normalized spacial score (nSPS) is 20.8. The number of alkyl halides is 4. The number of hydrogen-bond donors (Lipinski definition) is 1. The first-order chi connectivity index (χ1) is 17.6. The van der Waals surface area contributed by atoms with E-state index in [0.29, 0.717) is 34.3 Å². The lowest BCUT2D eigenvalue weighted by molar-refractivity contribution is -0.275. The second-order valence-electron chi connectivity index (χ2n) is 9.67. The lowest BCUT2D eigenvalue weighted by Crippen LogP contribution is -2.43. The zero-order valence-corrected chi connectivity index (χ0v) is 21.7. The fourth-order valence-corrected chi connectivity index (χ4v) is 5.87. The molecule has 2 aliphatic rings. The van der Waals surface area contributed by atoms with E-state index in [1.807, 2.05) is 0 Å². The summed E-state index contributed by atoms with van der Waals surface area (Å²) >= 11 is 18.1. The zero-order valence-electron chi connectivity index (χ0n) is 19.5. The van der Waals surface area contributed by atoms with Gasteiger partial charge in [-0.05, 0) is 47.9 Å². The fraction of sp³-hybridized carbons (Fsp3) is 0.333. The van der Waals surface area contributed by atoms with Crippen LogP contribution in [0.15, 0.2) is 59.8 Å². The molecule has 1 atom stereocenters. The van der Waals surface area contributed by atoms with Gasteiger partial charge in [-0.15, -0.1) is 11.6 Å². The Morgan fingerprint density at radius 3 is 2.30 bits per heavy atom. The Labute approximate surface area is 226 Å². The Balaban J connectivity index is 1.49. The van der Waals surface area contributed by atoms with Crippen LogP contribution in [0.25, 0.3) is 10.8 Å². The van der Waals surface area contributed by atoms with Crippen molar-refractivity contribution in [3.8, 4) is 0 Å². The van der Waals surface area contributed by atoms with Gasteiger partial charge in [-0.25, -0.2) is 0 Å². The molecule has 194 valence electrons. The van der Waals surface area contributed by atoms with Crippen LogP contribution in [0.1, 0.15) is 47.2 Å². The van der Waals surface area contributed by atoms with Crippen LogP contribution < -0.4 is 5.32 Å². The second-order valence-corrected chi connectivity index (χ2v) is 10.8. The molecule has 3 aromatic carbocycles. The molecule has 1 aliphatic carbocycles. The van der Waals surface area contributed by atoms with Crippen LogP contribution in [-0.2, 0) is 10.4 Å². The summed E-state index contributed by atoms with van der Waals surface area (Å²) in [6.45, 7) is 0.474. The van der Waals surface area contributed by atoms with Crippen molar-refractivity contribution < 1.29 is 22.8 Å². The van der Waals surface area contributed by atoms with E-state index in [1.165, 1.54) is 18.2 Å². The average molecular weight is 570 g/mol. The van der Waals surface area contributed by atoms with E-state index in [9.17, 15) is 18.0 Å². The highest BCUT2D eigenvalue weighted by Crippen LogP contribution is 2.50. The molecule has 1 saturated carbocycles. The van der Waals surface area contributed by atoms with Gasteiger partial charge >= 0.3 is 6.18 Å². The third-order valence-electron chi connectivity index (χ3n) is 7.32. The van der Waals surface area contributed by atoms with E-state index in [1.54, 1.807) is 36.4 Å². The largest absolute Gasteiger partial charge is 0.435 e. The van der Waals surface area contributed by atoms with Gasteiger partial charge in [-0.3, -0.25) is 4.79 Å². The summed E-state index contributed by atoms with van der Waals surface area (Å²) in [5.41, 5.74) is -2.08. The topological polar surface area (TPSA) is 50.7 Å². The number of fused-ring (bicyclic) bond motifs is 1. The lowest BCUT2D eigenvalue weighted by Gasteiger charge is -2.40. The van der Waals surface area contributed by atoms with Crippen molar-refractivity contribution in [1.82, 2.24) is 5.32 Å². The molecule has 10 heteroatoms. The van der Waals surface area contributed by atoms with Crippen molar-refractivity contribution in [2.24, 2.45) is 10.6 Å². The van der Waals surface area contributed by atoms with Crippen molar-refractivity contribution in [3.05, 3.63) is 81.3 Å². The maximum absolute atomic E-state index is 14.4. The molecular weight excluding hydrogens is 548 g/mol. The molecule has 0 spiro atoms. The molecular formula is C27H22Cl3F3N2O2. The smallest absolute Gasteiger partial charge is 0.374 e. The van der Waals surface area contributed by atoms with Crippen LogP contribution >= 0.6 is 34.8 Å². The third kappa shape index (κ3) is 4.66. The van der Waals surface area contributed by atoms with E-state index in [4.69, 9.17) is 39.6 Å². The monoisotopic (exact) mass is 568 g/mol. The summed E-state index contributed by atoms with van der Waals surface area (Å²) in [5.74, 6) is 0.216. The summed E-state index contributed by atoms with van der Waals surface area (Å²) in [5, 5.41) is 8.18. The minimum absolute atomic E-state index is 0.0573. The molecule has 1 unspecified atom stereocenters. The van der Waals surface area contributed by atoms with E-state index in [-0.39, 0.29) is 32.6 Å². The Bertz CT molecular complexity index is 1380. The molecule has 0 radical (unpaired) electrons. The molecule has 1 heterocycles. The highest BCUT2D eigenvalue weighted by molar-refractivity contribution is 6.34. The maximum Gasteiger partial charge on any atom is 0.435 e. The van der Waals surface area contributed by atoms with Gasteiger partial charge in [0.05, 0.1) is 5.71 Å². The standard InChI is InChI=1S/C27H22Cl3F3N2O2/c28-14-25(8-3-9-25)15-34-24(36)22-7-6-21(19-4-1-2-5-20(19)22)23-13-26(37-35-23,27(31,32)33)16-10-17(29)12-18(30)11-16/h1-2,4-7,10-12H,3,8-9,13-15H2,(H,34,36). The van der Waals surface area contributed by atoms with Crippen molar-refractivity contribution in [1.29, 1.82) is 0 Å². The van der Waals surface area contributed by atoms with Gasteiger partial charge in [0.25, 0.3) is 11.5 Å². The molecule has 0 bridgehead atoms. The third-order valence-corrected chi connectivity index (χ3v) is 8.32. The van der Waals surface area contributed by atoms with E-state index < -0.39 is 18.2 Å². The van der Waals surface area contributed by atoms with Crippen molar-refractivity contribution in [3.63, 3.8) is 0 Å². The molecule has 1 amide bonds. The summed E-state index contributed by atoms with van der Waals surface area (Å²) in [7, 11) is 0. The maximum atomic E-state index is 14.4. The highest BCUT2D eigenvalue weighted by Gasteiger charge is 2.62. The Kier molecular flexibility index (Phi) is 6.84. The van der Waals surface area contributed by atoms with Crippen molar-refractivity contribution in [2.45, 2.75) is 37.5 Å². The number of carbonyl (C=O) groups is 1. The van der Waals surface area contributed by atoms with Gasteiger partial charge in [0, 0.05) is 51.0 Å². The lowest BCUT2D eigenvalue weighted by atomic mass is 9.70. The van der Waals surface area contributed by atoms with Crippen molar-refractivity contribution >= 4 is 57.2 Å². The number of nitrogens with zero attached hydrogens (tertiary/aromatic N) is 1. The van der Waals surface area contributed by atoms with Crippen LogP contribution in [-0.4, -0.2) is 30.2 Å². The Morgan fingerprint density at radius 1 is 1.03 bits per heavy atom. The molecule has 0 saturated heterocycles. The van der Waals surface area contributed by atoms with Gasteiger partial charge in [-0.2, -0.15) is 13.2 Å². The van der Waals surface area contributed by atoms with E-state index >= 15 is 0 Å². The van der Waals surface area contributed by atoms with Crippen LogP contribution in [0, 0.1) is 5.41 Å². The summed E-state index contributed by atoms with van der Waals surface area (Å²) in [6, 6.07) is 14.0. The molecule has 5 rings (SSSR count). The molecule has 0 aromatic heterocycles. The Hall–Kier alpha value is -2.48. The summed E-state index contributed by atoms with van der Waals surface area (Å²) < 4.78 is 43.3. The first-order valence-corrected chi connectivity index (χ1v) is 13.0. The molecule has 4 nitrogen and oxygen atoms in total. The van der Waals surface area contributed by atoms with Gasteiger partial charge in [0.1, 0.15) is 0 Å². The predicted octanol–water partition coefficient (Wildman–Crippen LogP) is 7.87. The van der Waals surface area contributed by atoms with Gasteiger partial charge in [-0.1, -0.05) is 65.1 Å². The van der Waals surface area contributed by atoms with Gasteiger partial charge < -0.3 is 10.2 Å². The van der Waals surface area contributed by atoms with Crippen LogP contribution in [0.3, 0.4) is 0 Å². The average Bonchev–Trinajstić information content (AvgIpc) is 3.29. The molecule has 1 fully saturated rings. The second kappa shape index (κ2) is 9.68. The number of oxime groups is 1. The van der Waals surface area contributed by atoms with Gasteiger partial charge in [0.15, 0.2) is 0 Å². The summed E-state index contributed by atoms with van der Waals surface area (Å²) in [6.07, 6.45) is -2.36. The van der Waals surface area contributed by atoms with Gasteiger partial charge in [0.2, 0.25) is 0 Å². The SMILES string of the molecule is O=C(NCC1(CCl)CCC1)c1ccc(C2=NOC(c3cc(Cl)cc(Cl)c3)(C(F)(F)F)C2)c2ccccc12.